The second-order valence-corrected chi connectivity index (χ2v) is 11.0. The van der Waals surface area contributed by atoms with E-state index in [2.05, 4.69) is 21.7 Å². The predicted octanol–water partition coefficient (Wildman–Crippen LogP) is 4.28. The highest BCUT2D eigenvalue weighted by atomic mass is 35.5. The van der Waals surface area contributed by atoms with Crippen molar-refractivity contribution in [2.45, 2.75) is 62.5 Å². The summed E-state index contributed by atoms with van der Waals surface area (Å²) in [5.74, 6) is 0.0140. The smallest absolute Gasteiger partial charge is 0.158 e. The van der Waals surface area contributed by atoms with Gasteiger partial charge in [0.1, 0.15) is 0 Å². The molecule has 7 heteroatoms. The van der Waals surface area contributed by atoms with E-state index in [0.29, 0.717) is 17.3 Å². The Morgan fingerprint density at radius 2 is 1.90 bits per heavy atom. The van der Waals surface area contributed by atoms with Crippen molar-refractivity contribution in [3.8, 4) is 0 Å². The number of benzene rings is 1. The molecule has 0 atom stereocenters. The number of nitrogens with zero attached hydrogens (tertiary/aromatic N) is 1. The van der Waals surface area contributed by atoms with Crippen LogP contribution in [0.5, 0.6) is 0 Å². The molecule has 0 unspecified atom stereocenters. The van der Waals surface area contributed by atoms with E-state index in [1.807, 2.05) is 18.2 Å². The maximum atomic E-state index is 13.0. The summed E-state index contributed by atoms with van der Waals surface area (Å²) < 4.78 is 26.0. The molecular weight excluding hydrogens is 418 g/mol. The molecule has 1 aliphatic carbocycles. The van der Waals surface area contributed by atoms with Crippen LogP contribution in [-0.2, 0) is 35.0 Å². The summed E-state index contributed by atoms with van der Waals surface area (Å²) >= 11 is 6.53. The lowest BCUT2D eigenvalue weighted by Gasteiger charge is -2.22. The van der Waals surface area contributed by atoms with Crippen molar-refractivity contribution < 1.29 is 8.42 Å². The largest absolute Gasteiger partial charge is 0.379 e. The Kier molecular flexibility index (Phi) is 6.96. The Balaban J connectivity index is 1.53. The van der Waals surface area contributed by atoms with Crippen LogP contribution in [0.3, 0.4) is 0 Å². The number of pyridine rings is 1. The minimum absolute atomic E-state index is 0.0140. The van der Waals surface area contributed by atoms with E-state index < -0.39 is 9.84 Å². The van der Waals surface area contributed by atoms with E-state index in [-0.39, 0.29) is 11.0 Å². The molecule has 0 amide bonds. The first kappa shape index (κ1) is 21.6. The molecule has 0 saturated heterocycles. The van der Waals surface area contributed by atoms with Crippen molar-refractivity contribution in [1.82, 2.24) is 10.3 Å². The van der Waals surface area contributed by atoms with E-state index >= 15 is 0 Å². The predicted molar refractivity (Wildman–Crippen MR) is 123 cm³/mol. The Morgan fingerprint density at radius 3 is 2.73 bits per heavy atom. The third-order valence-electron chi connectivity index (χ3n) is 6.32. The summed E-state index contributed by atoms with van der Waals surface area (Å²) in [4.78, 5) is 4.43. The second kappa shape index (κ2) is 9.67. The number of hydrogen-bond acceptors (Lipinski definition) is 5. The van der Waals surface area contributed by atoms with Gasteiger partial charge in [0.05, 0.1) is 27.4 Å². The number of rotatable bonds is 6. The van der Waals surface area contributed by atoms with E-state index in [4.69, 9.17) is 11.6 Å². The van der Waals surface area contributed by atoms with Gasteiger partial charge in [0.2, 0.25) is 0 Å². The molecule has 0 radical (unpaired) electrons. The maximum absolute atomic E-state index is 13.0. The molecule has 1 aromatic carbocycles. The molecule has 162 valence electrons. The van der Waals surface area contributed by atoms with Gasteiger partial charge in [-0.3, -0.25) is 4.98 Å². The monoisotopic (exact) mass is 447 g/mol. The summed E-state index contributed by atoms with van der Waals surface area (Å²) in [5.41, 5.74) is 5.10. The molecule has 1 fully saturated rings. The molecule has 1 aliphatic heterocycles. The van der Waals surface area contributed by atoms with E-state index in [0.717, 1.165) is 69.3 Å². The van der Waals surface area contributed by atoms with Crippen molar-refractivity contribution in [3.63, 3.8) is 0 Å². The van der Waals surface area contributed by atoms with Crippen molar-refractivity contribution in [3.05, 3.63) is 57.9 Å². The molecule has 0 bridgehead atoms. The Hall–Kier alpha value is -1.63. The molecule has 2 aliphatic rings. The lowest BCUT2D eigenvalue weighted by atomic mass is 10.0. The van der Waals surface area contributed by atoms with Gasteiger partial charge in [-0.15, -0.1) is 0 Å². The normalized spacial score (nSPS) is 17.9. The fourth-order valence-corrected chi connectivity index (χ4v) is 6.79. The molecule has 30 heavy (non-hydrogen) atoms. The van der Waals surface area contributed by atoms with Crippen LogP contribution in [0.25, 0.3) is 0 Å². The zero-order chi connectivity index (χ0) is 21.0. The summed E-state index contributed by atoms with van der Waals surface area (Å²) in [6, 6.07) is 7.89. The molecule has 2 N–H and O–H groups in total. The number of halogens is 1. The first-order chi connectivity index (χ1) is 14.5. The molecule has 0 spiro atoms. The summed E-state index contributed by atoms with van der Waals surface area (Å²) in [7, 11) is -3.19. The van der Waals surface area contributed by atoms with E-state index in [1.54, 1.807) is 6.20 Å². The van der Waals surface area contributed by atoms with Crippen LogP contribution in [0.15, 0.2) is 30.5 Å². The maximum Gasteiger partial charge on any atom is 0.158 e. The molecule has 5 nitrogen and oxygen atoms in total. The van der Waals surface area contributed by atoms with Gasteiger partial charge in [0, 0.05) is 12.7 Å². The topological polar surface area (TPSA) is 71.1 Å². The van der Waals surface area contributed by atoms with Crippen molar-refractivity contribution in [2.24, 2.45) is 0 Å². The Labute approximate surface area is 184 Å². The van der Waals surface area contributed by atoms with Crippen molar-refractivity contribution >= 4 is 27.1 Å². The standard InChI is InChI=1S/C23H30ClN3O2S/c24-21-9-8-17-10-13-25-14-11-20(17)23(21)27-15-18-5-4-12-26-22(18)16-30(28,29)19-6-2-1-3-7-19/h4-5,8-9,12,19,25,27H,1-3,6-7,10-11,13-16H2. The highest BCUT2D eigenvalue weighted by Gasteiger charge is 2.28. The van der Waals surface area contributed by atoms with Gasteiger partial charge in [-0.25, -0.2) is 8.42 Å². The van der Waals surface area contributed by atoms with Gasteiger partial charge in [-0.05, 0) is 67.6 Å². The number of hydrogen-bond donors (Lipinski definition) is 2. The molecule has 1 aromatic heterocycles. The van der Waals surface area contributed by atoms with Gasteiger partial charge < -0.3 is 10.6 Å². The summed E-state index contributed by atoms with van der Waals surface area (Å²) in [6.45, 7) is 2.41. The van der Waals surface area contributed by atoms with Gasteiger partial charge in [0.25, 0.3) is 0 Å². The first-order valence-corrected chi connectivity index (χ1v) is 13.0. The highest BCUT2D eigenvalue weighted by Crippen LogP contribution is 2.32. The highest BCUT2D eigenvalue weighted by molar-refractivity contribution is 7.91. The van der Waals surface area contributed by atoms with Gasteiger partial charge in [0.15, 0.2) is 9.84 Å². The number of nitrogens with one attached hydrogen (secondary N) is 2. The number of sulfone groups is 1. The average Bonchev–Trinajstić information content (AvgIpc) is 3.00. The minimum atomic E-state index is -3.19. The fraction of sp³-hybridized carbons (Fsp3) is 0.522. The minimum Gasteiger partial charge on any atom is -0.379 e. The first-order valence-electron chi connectivity index (χ1n) is 10.9. The van der Waals surface area contributed by atoms with Crippen LogP contribution in [0.4, 0.5) is 5.69 Å². The van der Waals surface area contributed by atoms with E-state index in [9.17, 15) is 8.42 Å². The summed E-state index contributed by atoms with van der Waals surface area (Å²) in [6.07, 6.45) is 8.31. The van der Waals surface area contributed by atoms with Crippen LogP contribution < -0.4 is 10.6 Å². The third kappa shape index (κ3) is 4.98. The Morgan fingerprint density at radius 1 is 1.10 bits per heavy atom. The van der Waals surface area contributed by atoms with Crippen LogP contribution in [-0.4, -0.2) is 31.7 Å². The van der Waals surface area contributed by atoms with Crippen molar-refractivity contribution in [2.75, 3.05) is 18.4 Å². The van der Waals surface area contributed by atoms with Crippen LogP contribution in [0.2, 0.25) is 5.02 Å². The van der Waals surface area contributed by atoms with Gasteiger partial charge in [-0.1, -0.05) is 43.0 Å². The quantitative estimate of drug-likeness (QED) is 0.691. The fourth-order valence-electron chi connectivity index (χ4n) is 4.61. The zero-order valence-electron chi connectivity index (χ0n) is 17.3. The average molecular weight is 448 g/mol. The molecule has 1 saturated carbocycles. The lowest BCUT2D eigenvalue weighted by molar-refractivity contribution is 0.483. The second-order valence-electron chi connectivity index (χ2n) is 8.34. The third-order valence-corrected chi connectivity index (χ3v) is 8.80. The number of anilines is 1. The SMILES string of the molecule is O=S(=O)(Cc1ncccc1CNc1c(Cl)ccc2c1CCNCC2)C1CCCCC1. The molecule has 2 heterocycles. The molecule has 2 aromatic rings. The van der Waals surface area contributed by atoms with Crippen LogP contribution in [0.1, 0.15) is 54.5 Å². The van der Waals surface area contributed by atoms with E-state index in [1.165, 1.54) is 11.1 Å². The summed E-state index contributed by atoms with van der Waals surface area (Å²) in [5, 5.41) is 7.41. The lowest BCUT2D eigenvalue weighted by Crippen LogP contribution is -2.26. The zero-order valence-corrected chi connectivity index (χ0v) is 18.9. The Bertz CT molecular complexity index is 988. The van der Waals surface area contributed by atoms with Crippen LogP contribution >= 0.6 is 11.6 Å². The molecule has 4 rings (SSSR count). The molecular formula is C23H30ClN3O2S. The van der Waals surface area contributed by atoms with Crippen LogP contribution in [0, 0.1) is 0 Å². The van der Waals surface area contributed by atoms with Gasteiger partial charge in [-0.2, -0.15) is 0 Å². The number of fused-ring (bicyclic) bond motifs is 1. The van der Waals surface area contributed by atoms with Crippen molar-refractivity contribution in [1.29, 1.82) is 0 Å². The number of aromatic nitrogens is 1. The van der Waals surface area contributed by atoms with Gasteiger partial charge >= 0.3 is 0 Å².